The first-order chi connectivity index (χ1) is 15.8. The standard InChI is InChI=1S/C25H38N4O3.HI/c1-2-26-25(27-13-6-16-32-21-11-17-31-18-12-21)29-19-20(22-7-3-4-8-23(22)29)10-15-28-14-5-9-24(28)30;/h3-4,7-8,20-21H,2,5-6,9-19H2,1H3,(H,26,27);1H. The summed E-state index contributed by atoms with van der Waals surface area (Å²) in [4.78, 5) is 21.3. The maximum atomic E-state index is 12.0. The molecule has 1 unspecified atom stereocenters. The summed E-state index contributed by atoms with van der Waals surface area (Å²) in [6, 6.07) is 8.64. The zero-order chi connectivity index (χ0) is 22.2. The Bertz CT molecular complexity index is 785. The van der Waals surface area contributed by atoms with E-state index in [9.17, 15) is 4.79 Å². The number of halogens is 1. The molecule has 0 saturated carbocycles. The van der Waals surface area contributed by atoms with Crippen molar-refractivity contribution in [1.29, 1.82) is 0 Å². The van der Waals surface area contributed by atoms with Gasteiger partial charge < -0.3 is 24.6 Å². The van der Waals surface area contributed by atoms with Gasteiger partial charge in [0, 0.05) is 70.6 Å². The summed E-state index contributed by atoms with van der Waals surface area (Å²) in [5, 5.41) is 3.48. The highest BCUT2D eigenvalue weighted by molar-refractivity contribution is 14.0. The van der Waals surface area contributed by atoms with Crippen LogP contribution in [0.5, 0.6) is 0 Å². The van der Waals surface area contributed by atoms with E-state index >= 15 is 0 Å². The number of amides is 1. The van der Waals surface area contributed by atoms with Gasteiger partial charge in [-0.3, -0.25) is 9.79 Å². The highest BCUT2D eigenvalue weighted by Crippen LogP contribution is 2.38. The summed E-state index contributed by atoms with van der Waals surface area (Å²) in [6.45, 7) is 8.74. The predicted octanol–water partition coefficient (Wildman–Crippen LogP) is 3.77. The van der Waals surface area contributed by atoms with Gasteiger partial charge in [0.2, 0.25) is 5.91 Å². The van der Waals surface area contributed by atoms with E-state index in [1.807, 2.05) is 4.90 Å². The van der Waals surface area contributed by atoms with E-state index in [1.54, 1.807) is 0 Å². The van der Waals surface area contributed by atoms with E-state index in [-0.39, 0.29) is 24.0 Å². The van der Waals surface area contributed by atoms with Gasteiger partial charge in [0.1, 0.15) is 0 Å². The van der Waals surface area contributed by atoms with Crippen molar-refractivity contribution in [2.24, 2.45) is 4.99 Å². The molecule has 1 N–H and O–H groups in total. The van der Waals surface area contributed by atoms with Crippen molar-refractivity contribution in [1.82, 2.24) is 10.2 Å². The Morgan fingerprint density at radius 3 is 2.85 bits per heavy atom. The lowest BCUT2D eigenvalue weighted by molar-refractivity contribution is -0.127. The van der Waals surface area contributed by atoms with Crippen molar-refractivity contribution in [3.8, 4) is 0 Å². The second kappa shape index (κ2) is 13.5. The minimum atomic E-state index is 0. The number of guanidine groups is 1. The van der Waals surface area contributed by atoms with E-state index < -0.39 is 0 Å². The normalized spacial score (nSPS) is 21.3. The number of anilines is 1. The number of nitrogens with one attached hydrogen (secondary N) is 1. The van der Waals surface area contributed by atoms with Crippen LogP contribution in [0.1, 0.15) is 56.9 Å². The summed E-state index contributed by atoms with van der Waals surface area (Å²) in [6.07, 6.45) is 5.97. The number of hydrogen-bond acceptors (Lipinski definition) is 4. The van der Waals surface area contributed by atoms with Crippen LogP contribution in [-0.2, 0) is 14.3 Å². The van der Waals surface area contributed by atoms with Crippen LogP contribution in [0.2, 0.25) is 0 Å². The number of para-hydroxylation sites is 1. The molecule has 3 aliphatic rings. The quantitative estimate of drug-likeness (QED) is 0.212. The minimum absolute atomic E-state index is 0. The molecule has 1 atom stereocenters. The summed E-state index contributed by atoms with van der Waals surface area (Å²) in [5.41, 5.74) is 2.61. The molecule has 184 valence electrons. The van der Waals surface area contributed by atoms with Crippen LogP contribution in [0.3, 0.4) is 0 Å². The average Bonchev–Trinajstić information content (AvgIpc) is 3.40. The maximum Gasteiger partial charge on any atom is 0.222 e. The van der Waals surface area contributed by atoms with Gasteiger partial charge in [-0.05, 0) is 50.7 Å². The molecule has 7 nitrogen and oxygen atoms in total. The van der Waals surface area contributed by atoms with Gasteiger partial charge in [0.25, 0.3) is 0 Å². The fourth-order valence-electron chi connectivity index (χ4n) is 4.93. The van der Waals surface area contributed by atoms with Crippen LogP contribution in [0.25, 0.3) is 0 Å². The molecule has 33 heavy (non-hydrogen) atoms. The molecule has 1 amide bonds. The molecular formula is C25H39IN4O3. The molecule has 2 saturated heterocycles. The van der Waals surface area contributed by atoms with Crippen molar-refractivity contribution in [2.45, 2.75) is 57.5 Å². The van der Waals surface area contributed by atoms with Gasteiger partial charge in [0.05, 0.1) is 6.10 Å². The average molecular weight is 571 g/mol. The SMILES string of the molecule is CCNC(=NCCCOC1CCOCC1)N1CC(CCN2CCCC2=O)c2ccccc21.I. The number of benzene rings is 1. The number of fused-ring (bicyclic) bond motifs is 1. The van der Waals surface area contributed by atoms with E-state index in [2.05, 4.69) is 41.4 Å². The van der Waals surface area contributed by atoms with Gasteiger partial charge in [0.15, 0.2) is 5.96 Å². The Kier molecular flexibility index (Phi) is 10.7. The second-order valence-electron chi connectivity index (χ2n) is 8.91. The summed E-state index contributed by atoms with van der Waals surface area (Å²) >= 11 is 0. The van der Waals surface area contributed by atoms with E-state index in [0.29, 0.717) is 24.3 Å². The monoisotopic (exact) mass is 570 g/mol. The number of rotatable bonds is 9. The number of ether oxygens (including phenoxy) is 2. The third-order valence-electron chi connectivity index (χ3n) is 6.67. The molecule has 3 heterocycles. The number of carbonyl (C=O) groups excluding carboxylic acids is 1. The first kappa shape index (κ1) is 26.2. The predicted molar refractivity (Wildman–Crippen MR) is 143 cm³/mol. The van der Waals surface area contributed by atoms with E-state index in [1.165, 1.54) is 11.3 Å². The first-order valence-electron chi connectivity index (χ1n) is 12.4. The van der Waals surface area contributed by atoms with Gasteiger partial charge in [-0.2, -0.15) is 0 Å². The van der Waals surface area contributed by atoms with Gasteiger partial charge >= 0.3 is 0 Å². The molecule has 0 aliphatic carbocycles. The Morgan fingerprint density at radius 1 is 1.27 bits per heavy atom. The number of hydrogen-bond donors (Lipinski definition) is 1. The fourth-order valence-corrected chi connectivity index (χ4v) is 4.93. The molecular weight excluding hydrogens is 531 g/mol. The summed E-state index contributed by atoms with van der Waals surface area (Å²) in [5.74, 6) is 1.68. The van der Waals surface area contributed by atoms with Crippen LogP contribution >= 0.6 is 24.0 Å². The number of aliphatic imine (C=N–C) groups is 1. The molecule has 0 bridgehead atoms. The van der Waals surface area contributed by atoms with Crippen LogP contribution in [0.4, 0.5) is 5.69 Å². The summed E-state index contributed by atoms with van der Waals surface area (Å²) < 4.78 is 11.4. The van der Waals surface area contributed by atoms with Crippen molar-refractivity contribution >= 4 is 41.5 Å². The fraction of sp³-hybridized carbons (Fsp3) is 0.680. The lowest BCUT2D eigenvalue weighted by Gasteiger charge is -2.24. The van der Waals surface area contributed by atoms with Crippen molar-refractivity contribution in [3.05, 3.63) is 29.8 Å². The third-order valence-corrected chi connectivity index (χ3v) is 6.67. The van der Waals surface area contributed by atoms with Crippen LogP contribution in [-0.4, -0.2) is 75.4 Å². The minimum Gasteiger partial charge on any atom is -0.381 e. The Morgan fingerprint density at radius 2 is 2.09 bits per heavy atom. The lowest BCUT2D eigenvalue weighted by atomic mass is 9.98. The zero-order valence-corrected chi connectivity index (χ0v) is 22.2. The first-order valence-corrected chi connectivity index (χ1v) is 12.4. The molecule has 0 aromatic heterocycles. The number of nitrogens with zero attached hydrogens (tertiary/aromatic N) is 3. The van der Waals surface area contributed by atoms with Gasteiger partial charge in [-0.1, -0.05) is 18.2 Å². The van der Waals surface area contributed by atoms with Crippen LogP contribution in [0, 0.1) is 0 Å². The summed E-state index contributed by atoms with van der Waals surface area (Å²) in [7, 11) is 0. The molecule has 0 spiro atoms. The van der Waals surface area contributed by atoms with Gasteiger partial charge in [-0.25, -0.2) is 0 Å². The largest absolute Gasteiger partial charge is 0.381 e. The molecule has 1 aromatic rings. The topological polar surface area (TPSA) is 66.4 Å². The smallest absolute Gasteiger partial charge is 0.222 e. The number of carbonyl (C=O) groups is 1. The van der Waals surface area contributed by atoms with Crippen molar-refractivity contribution < 1.29 is 14.3 Å². The molecule has 4 rings (SSSR count). The zero-order valence-electron chi connectivity index (χ0n) is 19.8. The van der Waals surface area contributed by atoms with E-state index in [4.69, 9.17) is 14.5 Å². The highest BCUT2D eigenvalue weighted by Gasteiger charge is 2.32. The van der Waals surface area contributed by atoms with Crippen molar-refractivity contribution in [3.63, 3.8) is 0 Å². The highest BCUT2D eigenvalue weighted by atomic mass is 127. The Balaban J connectivity index is 0.00000306. The molecule has 3 aliphatic heterocycles. The molecule has 1 aromatic carbocycles. The maximum absolute atomic E-state index is 12.0. The lowest BCUT2D eigenvalue weighted by Crippen LogP contribution is -2.41. The molecule has 2 fully saturated rings. The van der Waals surface area contributed by atoms with Crippen LogP contribution in [0.15, 0.2) is 29.3 Å². The molecule has 0 radical (unpaired) electrons. The van der Waals surface area contributed by atoms with Crippen molar-refractivity contribution in [2.75, 3.05) is 57.4 Å². The van der Waals surface area contributed by atoms with Gasteiger partial charge in [-0.15, -0.1) is 24.0 Å². The molecule has 8 heteroatoms. The van der Waals surface area contributed by atoms with E-state index in [0.717, 1.165) is 90.6 Å². The Labute approximate surface area is 215 Å². The number of likely N-dealkylation sites (tertiary alicyclic amines) is 1. The second-order valence-corrected chi connectivity index (χ2v) is 8.91. The van der Waals surface area contributed by atoms with Crippen LogP contribution < -0.4 is 10.2 Å². The Hall–Kier alpha value is -1.39. The third kappa shape index (κ3) is 7.05.